The van der Waals surface area contributed by atoms with Gasteiger partial charge in [0.05, 0.1) is 16.0 Å². The van der Waals surface area contributed by atoms with Crippen LogP contribution in [0.3, 0.4) is 0 Å². The van der Waals surface area contributed by atoms with Gasteiger partial charge in [-0.05, 0) is 12.0 Å². The van der Waals surface area contributed by atoms with E-state index in [-0.39, 0.29) is 10.9 Å². The zero-order valence-electron chi connectivity index (χ0n) is 10.7. The first kappa shape index (κ1) is 16.4. The van der Waals surface area contributed by atoms with Crippen molar-refractivity contribution in [2.45, 2.75) is 24.8 Å². The van der Waals surface area contributed by atoms with Gasteiger partial charge < -0.3 is 0 Å². The van der Waals surface area contributed by atoms with Gasteiger partial charge in [-0.3, -0.25) is 10.1 Å². The van der Waals surface area contributed by atoms with E-state index in [4.69, 9.17) is 16.9 Å². The molecule has 0 saturated carbocycles. The molecule has 1 N–H and O–H groups in total. The van der Waals surface area contributed by atoms with Gasteiger partial charge in [0.1, 0.15) is 10.9 Å². The zero-order valence-corrected chi connectivity index (χ0v) is 12.3. The van der Waals surface area contributed by atoms with Crippen molar-refractivity contribution in [3.8, 4) is 6.07 Å². The molecule has 0 fully saturated rings. The van der Waals surface area contributed by atoms with Gasteiger partial charge in [0.2, 0.25) is 10.0 Å². The van der Waals surface area contributed by atoms with E-state index in [9.17, 15) is 18.5 Å². The van der Waals surface area contributed by atoms with Crippen LogP contribution in [0.4, 0.5) is 5.69 Å². The summed E-state index contributed by atoms with van der Waals surface area (Å²) in [6, 6.07) is 3.96. The molecule has 0 spiro atoms. The van der Waals surface area contributed by atoms with Crippen LogP contribution in [0, 0.1) is 27.4 Å². The molecule has 1 unspecified atom stereocenters. The maximum atomic E-state index is 12.1. The number of nitro benzene ring substituents is 1. The molecule has 0 aromatic heterocycles. The van der Waals surface area contributed by atoms with Gasteiger partial charge in [0.25, 0.3) is 5.69 Å². The van der Waals surface area contributed by atoms with E-state index in [0.29, 0.717) is 0 Å². The molecular formula is C11H12ClN3O4S. The number of hydrogen-bond donors (Lipinski definition) is 1. The third kappa shape index (κ3) is 3.66. The van der Waals surface area contributed by atoms with E-state index in [2.05, 4.69) is 4.72 Å². The number of non-ortho nitro benzene ring substituents is 1. The fraction of sp³-hybridized carbons (Fsp3) is 0.364. The molecule has 0 saturated heterocycles. The number of nitro groups is 1. The van der Waals surface area contributed by atoms with E-state index in [1.54, 1.807) is 13.8 Å². The summed E-state index contributed by atoms with van der Waals surface area (Å²) in [5, 5.41) is 19.4. The summed E-state index contributed by atoms with van der Waals surface area (Å²) in [7, 11) is -4.11. The van der Waals surface area contributed by atoms with Crippen LogP contribution in [0.25, 0.3) is 0 Å². The Morgan fingerprint density at radius 1 is 1.45 bits per heavy atom. The summed E-state index contributed by atoms with van der Waals surface area (Å²) in [4.78, 5) is 9.53. The van der Waals surface area contributed by atoms with Gasteiger partial charge in [-0.1, -0.05) is 25.4 Å². The number of benzene rings is 1. The maximum absolute atomic E-state index is 12.1. The number of nitriles is 1. The minimum atomic E-state index is -4.11. The lowest BCUT2D eigenvalue weighted by molar-refractivity contribution is -0.385. The number of halogens is 1. The third-order valence-electron chi connectivity index (χ3n) is 2.50. The Balaban J connectivity index is 3.25. The van der Waals surface area contributed by atoms with Crippen LogP contribution < -0.4 is 4.72 Å². The molecule has 0 bridgehead atoms. The Morgan fingerprint density at radius 2 is 2.05 bits per heavy atom. The lowest BCUT2D eigenvalue weighted by Crippen LogP contribution is -2.37. The van der Waals surface area contributed by atoms with Crippen molar-refractivity contribution in [2.24, 2.45) is 5.92 Å². The Bertz CT molecular complexity index is 667. The van der Waals surface area contributed by atoms with Crippen LogP contribution in [0.5, 0.6) is 0 Å². The average Bonchev–Trinajstić information content (AvgIpc) is 2.35. The number of nitrogens with zero attached hydrogens (tertiary/aromatic N) is 2. The smallest absolute Gasteiger partial charge is 0.258 e. The third-order valence-corrected chi connectivity index (χ3v) is 4.43. The second kappa shape index (κ2) is 6.17. The highest BCUT2D eigenvalue weighted by molar-refractivity contribution is 7.89. The summed E-state index contributed by atoms with van der Waals surface area (Å²) >= 11 is 5.77. The highest BCUT2D eigenvalue weighted by Crippen LogP contribution is 2.26. The molecule has 0 heterocycles. The standard InChI is InChI=1S/C11H12ClN3O4S/c1-7(2)10(6-13)14-20(18,19)11-5-8(15(16)17)3-4-9(11)12/h3-5,7,10,14H,1-2H3. The van der Waals surface area contributed by atoms with E-state index in [1.807, 2.05) is 6.07 Å². The first-order chi connectivity index (χ1) is 9.19. The van der Waals surface area contributed by atoms with Gasteiger partial charge in [0, 0.05) is 12.1 Å². The Kier molecular flexibility index (Phi) is 5.05. The highest BCUT2D eigenvalue weighted by Gasteiger charge is 2.26. The number of rotatable bonds is 5. The topological polar surface area (TPSA) is 113 Å². The molecule has 0 radical (unpaired) electrons. The van der Waals surface area contributed by atoms with Crippen molar-refractivity contribution in [3.63, 3.8) is 0 Å². The van der Waals surface area contributed by atoms with Crippen LogP contribution in [0.1, 0.15) is 13.8 Å². The van der Waals surface area contributed by atoms with Gasteiger partial charge in [0.15, 0.2) is 0 Å². The van der Waals surface area contributed by atoms with Crippen molar-refractivity contribution >= 4 is 27.3 Å². The van der Waals surface area contributed by atoms with E-state index < -0.39 is 31.6 Å². The van der Waals surface area contributed by atoms with Crippen molar-refractivity contribution in [3.05, 3.63) is 33.3 Å². The average molecular weight is 318 g/mol. The van der Waals surface area contributed by atoms with Crippen molar-refractivity contribution in [1.82, 2.24) is 4.72 Å². The first-order valence-corrected chi connectivity index (χ1v) is 7.41. The van der Waals surface area contributed by atoms with Crippen LogP contribution in [-0.4, -0.2) is 19.4 Å². The summed E-state index contributed by atoms with van der Waals surface area (Å²) in [5.74, 6) is -0.257. The van der Waals surface area contributed by atoms with Gasteiger partial charge in [-0.2, -0.15) is 9.98 Å². The lowest BCUT2D eigenvalue weighted by Gasteiger charge is -2.15. The molecule has 108 valence electrons. The van der Waals surface area contributed by atoms with Gasteiger partial charge in [-0.25, -0.2) is 8.42 Å². The molecule has 1 aromatic rings. The molecule has 1 atom stereocenters. The highest BCUT2D eigenvalue weighted by atomic mass is 35.5. The molecule has 0 aliphatic carbocycles. The van der Waals surface area contributed by atoms with Gasteiger partial charge >= 0.3 is 0 Å². The van der Waals surface area contributed by atoms with Crippen LogP contribution in [0.15, 0.2) is 23.1 Å². The lowest BCUT2D eigenvalue weighted by atomic mass is 10.1. The second-order valence-electron chi connectivity index (χ2n) is 4.34. The quantitative estimate of drug-likeness (QED) is 0.659. The fourth-order valence-electron chi connectivity index (χ4n) is 1.35. The molecule has 1 aromatic carbocycles. The fourth-order valence-corrected chi connectivity index (χ4v) is 3.16. The minimum absolute atomic E-state index is 0.149. The van der Waals surface area contributed by atoms with Crippen LogP contribution in [-0.2, 0) is 10.0 Å². The molecular weight excluding hydrogens is 306 g/mol. The monoisotopic (exact) mass is 317 g/mol. The molecule has 9 heteroatoms. The van der Waals surface area contributed by atoms with E-state index >= 15 is 0 Å². The minimum Gasteiger partial charge on any atom is -0.258 e. The van der Waals surface area contributed by atoms with Crippen molar-refractivity contribution < 1.29 is 13.3 Å². The van der Waals surface area contributed by atoms with Crippen molar-refractivity contribution in [2.75, 3.05) is 0 Å². The Labute approximate surface area is 121 Å². The largest absolute Gasteiger partial charge is 0.270 e. The maximum Gasteiger partial charge on any atom is 0.270 e. The molecule has 0 amide bonds. The Morgan fingerprint density at radius 3 is 2.50 bits per heavy atom. The van der Waals surface area contributed by atoms with E-state index in [1.165, 1.54) is 0 Å². The zero-order chi connectivity index (χ0) is 15.5. The molecule has 7 nitrogen and oxygen atoms in total. The predicted molar refractivity (Wildman–Crippen MR) is 72.7 cm³/mol. The SMILES string of the molecule is CC(C)C(C#N)NS(=O)(=O)c1cc([N+](=O)[O-])ccc1Cl. The number of sulfonamides is 1. The van der Waals surface area contributed by atoms with Gasteiger partial charge in [-0.15, -0.1) is 0 Å². The summed E-state index contributed by atoms with van der Waals surface area (Å²) in [5.41, 5.74) is -0.396. The van der Waals surface area contributed by atoms with E-state index in [0.717, 1.165) is 18.2 Å². The predicted octanol–water partition coefficient (Wildman–Crippen LogP) is 2.07. The molecule has 20 heavy (non-hydrogen) atoms. The summed E-state index contributed by atoms with van der Waals surface area (Å²) in [6.07, 6.45) is 0. The summed E-state index contributed by atoms with van der Waals surface area (Å²) in [6.45, 7) is 3.34. The summed E-state index contributed by atoms with van der Waals surface area (Å²) < 4.78 is 26.4. The molecule has 0 aliphatic heterocycles. The van der Waals surface area contributed by atoms with Crippen LogP contribution >= 0.6 is 11.6 Å². The molecule has 1 rings (SSSR count). The van der Waals surface area contributed by atoms with Crippen molar-refractivity contribution in [1.29, 1.82) is 5.26 Å². The molecule has 0 aliphatic rings. The van der Waals surface area contributed by atoms with Crippen LogP contribution in [0.2, 0.25) is 5.02 Å². The first-order valence-electron chi connectivity index (χ1n) is 5.55. The Hall–Kier alpha value is -1.69. The second-order valence-corrected chi connectivity index (χ2v) is 6.43. The number of nitrogens with one attached hydrogen (secondary N) is 1. The number of hydrogen-bond acceptors (Lipinski definition) is 5. The normalized spacial score (nSPS) is 12.9.